The van der Waals surface area contributed by atoms with Crippen molar-refractivity contribution in [2.75, 3.05) is 5.32 Å². The van der Waals surface area contributed by atoms with Gasteiger partial charge in [0.05, 0.1) is 29.8 Å². The summed E-state index contributed by atoms with van der Waals surface area (Å²) in [5.74, 6) is 0. The highest BCUT2D eigenvalue weighted by Gasteiger charge is 2.08. The van der Waals surface area contributed by atoms with Crippen LogP contribution in [0.3, 0.4) is 0 Å². The molecule has 5 nitrogen and oxygen atoms in total. The van der Waals surface area contributed by atoms with E-state index in [1.54, 1.807) is 0 Å². The zero-order valence-corrected chi connectivity index (χ0v) is 11.6. The number of aryl methyl sites for hydroxylation is 4. The number of rotatable bonds is 5. The minimum Gasteiger partial charge on any atom is -0.377 e. The van der Waals surface area contributed by atoms with Crippen LogP contribution >= 0.6 is 0 Å². The quantitative estimate of drug-likeness (QED) is 0.882. The first-order chi connectivity index (χ1) is 8.65. The van der Waals surface area contributed by atoms with Crippen molar-refractivity contribution in [3.05, 3.63) is 29.3 Å². The van der Waals surface area contributed by atoms with E-state index in [0.29, 0.717) is 0 Å². The Kier molecular flexibility index (Phi) is 3.69. The first-order valence-corrected chi connectivity index (χ1v) is 6.44. The van der Waals surface area contributed by atoms with Gasteiger partial charge in [-0.3, -0.25) is 9.36 Å². The summed E-state index contributed by atoms with van der Waals surface area (Å²) in [5.41, 5.74) is 4.60. The Morgan fingerprint density at radius 1 is 1.22 bits per heavy atom. The highest BCUT2D eigenvalue weighted by atomic mass is 15.3. The third-order valence-electron chi connectivity index (χ3n) is 3.17. The Bertz CT molecular complexity index is 523. The van der Waals surface area contributed by atoms with Gasteiger partial charge in [0.25, 0.3) is 0 Å². The monoisotopic (exact) mass is 247 g/mol. The largest absolute Gasteiger partial charge is 0.377 e. The summed E-state index contributed by atoms with van der Waals surface area (Å²) in [6.45, 7) is 10.9. The predicted molar refractivity (Wildman–Crippen MR) is 72.6 cm³/mol. The van der Waals surface area contributed by atoms with Crippen LogP contribution in [-0.2, 0) is 19.6 Å². The molecule has 0 saturated heterocycles. The van der Waals surface area contributed by atoms with Gasteiger partial charge in [-0.1, -0.05) is 0 Å². The molecule has 0 aromatic carbocycles. The van der Waals surface area contributed by atoms with Crippen molar-refractivity contribution >= 4 is 5.69 Å². The van der Waals surface area contributed by atoms with Crippen molar-refractivity contribution in [1.29, 1.82) is 0 Å². The van der Waals surface area contributed by atoms with Gasteiger partial charge in [-0.15, -0.1) is 0 Å². The SMILES string of the molecule is CCn1cc(NCc2c(C)cnn2CC)c(C)n1. The fourth-order valence-corrected chi connectivity index (χ4v) is 2.04. The Hall–Kier alpha value is -1.78. The zero-order chi connectivity index (χ0) is 13.1. The van der Waals surface area contributed by atoms with E-state index in [0.717, 1.165) is 31.0 Å². The van der Waals surface area contributed by atoms with Crippen molar-refractivity contribution in [2.45, 2.75) is 47.3 Å². The summed E-state index contributed by atoms with van der Waals surface area (Å²) in [4.78, 5) is 0. The summed E-state index contributed by atoms with van der Waals surface area (Å²) < 4.78 is 3.98. The van der Waals surface area contributed by atoms with E-state index >= 15 is 0 Å². The molecule has 0 atom stereocenters. The standard InChI is InChI=1S/C13H21N5/c1-5-17-9-12(11(4)16-17)14-8-13-10(3)7-15-18(13)6-2/h7,9,14H,5-6,8H2,1-4H3. The molecule has 2 aromatic heterocycles. The molecule has 0 spiro atoms. The van der Waals surface area contributed by atoms with Crippen LogP contribution in [0.25, 0.3) is 0 Å². The maximum atomic E-state index is 4.43. The Labute approximate surface area is 108 Å². The number of nitrogens with one attached hydrogen (secondary N) is 1. The minimum atomic E-state index is 0.788. The van der Waals surface area contributed by atoms with Gasteiger partial charge in [0.2, 0.25) is 0 Å². The highest BCUT2D eigenvalue weighted by Crippen LogP contribution is 2.15. The molecule has 18 heavy (non-hydrogen) atoms. The van der Waals surface area contributed by atoms with Crippen molar-refractivity contribution in [3.8, 4) is 0 Å². The van der Waals surface area contributed by atoms with Gasteiger partial charge in [-0.25, -0.2) is 0 Å². The van der Waals surface area contributed by atoms with Crippen LogP contribution < -0.4 is 5.32 Å². The average molecular weight is 247 g/mol. The lowest BCUT2D eigenvalue weighted by Gasteiger charge is -2.08. The second-order valence-corrected chi connectivity index (χ2v) is 4.43. The lowest BCUT2D eigenvalue weighted by molar-refractivity contribution is 0.626. The molecule has 0 bridgehead atoms. The molecule has 2 heterocycles. The van der Waals surface area contributed by atoms with Crippen LogP contribution in [0.2, 0.25) is 0 Å². The summed E-state index contributed by atoms with van der Waals surface area (Å²) in [7, 11) is 0. The second kappa shape index (κ2) is 5.25. The molecular formula is C13H21N5. The van der Waals surface area contributed by atoms with E-state index < -0.39 is 0 Å². The van der Waals surface area contributed by atoms with Crippen LogP contribution in [0.15, 0.2) is 12.4 Å². The molecule has 0 aliphatic rings. The average Bonchev–Trinajstić information content (AvgIpc) is 2.90. The number of hydrogen-bond acceptors (Lipinski definition) is 3. The molecule has 2 aromatic rings. The lowest BCUT2D eigenvalue weighted by Crippen LogP contribution is -2.09. The van der Waals surface area contributed by atoms with Crippen LogP contribution in [0.4, 0.5) is 5.69 Å². The van der Waals surface area contributed by atoms with Gasteiger partial charge in [0, 0.05) is 19.3 Å². The van der Waals surface area contributed by atoms with Crippen molar-refractivity contribution in [2.24, 2.45) is 0 Å². The molecular weight excluding hydrogens is 226 g/mol. The van der Waals surface area contributed by atoms with E-state index in [9.17, 15) is 0 Å². The van der Waals surface area contributed by atoms with Crippen molar-refractivity contribution in [1.82, 2.24) is 19.6 Å². The molecule has 2 rings (SSSR count). The minimum absolute atomic E-state index is 0.788. The second-order valence-electron chi connectivity index (χ2n) is 4.43. The smallest absolute Gasteiger partial charge is 0.0825 e. The van der Waals surface area contributed by atoms with E-state index in [1.807, 2.05) is 22.5 Å². The normalized spacial score (nSPS) is 10.9. The van der Waals surface area contributed by atoms with E-state index in [4.69, 9.17) is 0 Å². The van der Waals surface area contributed by atoms with Gasteiger partial charge < -0.3 is 5.32 Å². The molecule has 0 radical (unpaired) electrons. The van der Waals surface area contributed by atoms with Crippen LogP contribution in [0, 0.1) is 13.8 Å². The summed E-state index contributed by atoms with van der Waals surface area (Å²) in [6, 6.07) is 0. The summed E-state index contributed by atoms with van der Waals surface area (Å²) in [6.07, 6.45) is 3.97. The molecule has 0 amide bonds. The van der Waals surface area contributed by atoms with Crippen molar-refractivity contribution in [3.63, 3.8) is 0 Å². The molecule has 0 unspecified atom stereocenters. The molecule has 0 saturated carbocycles. The molecule has 98 valence electrons. The van der Waals surface area contributed by atoms with E-state index in [-0.39, 0.29) is 0 Å². The zero-order valence-electron chi connectivity index (χ0n) is 11.6. The number of hydrogen-bond donors (Lipinski definition) is 1. The first-order valence-electron chi connectivity index (χ1n) is 6.44. The van der Waals surface area contributed by atoms with Gasteiger partial charge in [0.15, 0.2) is 0 Å². The topological polar surface area (TPSA) is 47.7 Å². The summed E-state index contributed by atoms with van der Waals surface area (Å²) in [5, 5.41) is 12.2. The highest BCUT2D eigenvalue weighted by molar-refractivity contribution is 5.46. The van der Waals surface area contributed by atoms with Crippen LogP contribution in [0.5, 0.6) is 0 Å². The van der Waals surface area contributed by atoms with Crippen LogP contribution in [-0.4, -0.2) is 19.6 Å². The van der Waals surface area contributed by atoms with Gasteiger partial charge in [0.1, 0.15) is 0 Å². The number of aromatic nitrogens is 4. The van der Waals surface area contributed by atoms with Gasteiger partial charge >= 0.3 is 0 Å². The van der Waals surface area contributed by atoms with Crippen LogP contribution in [0.1, 0.15) is 30.8 Å². The third kappa shape index (κ3) is 2.39. The molecule has 0 fully saturated rings. The summed E-state index contributed by atoms with van der Waals surface area (Å²) >= 11 is 0. The first kappa shape index (κ1) is 12.7. The Balaban J connectivity index is 2.11. The number of anilines is 1. The molecule has 5 heteroatoms. The third-order valence-corrected chi connectivity index (χ3v) is 3.17. The molecule has 0 aliphatic carbocycles. The maximum absolute atomic E-state index is 4.43. The van der Waals surface area contributed by atoms with Crippen molar-refractivity contribution < 1.29 is 0 Å². The van der Waals surface area contributed by atoms with E-state index in [2.05, 4.69) is 42.5 Å². The number of nitrogens with zero attached hydrogens (tertiary/aromatic N) is 4. The van der Waals surface area contributed by atoms with Gasteiger partial charge in [-0.2, -0.15) is 10.2 Å². The van der Waals surface area contributed by atoms with Gasteiger partial charge in [-0.05, 0) is 33.3 Å². The maximum Gasteiger partial charge on any atom is 0.0825 e. The Morgan fingerprint density at radius 3 is 2.61 bits per heavy atom. The fraction of sp³-hybridized carbons (Fsp3) is 0.538. The predicted octanol–water partition coefficient (Wildman–Crippen LogP) is 2.35. The molecule has 0 aliphatic heterocycles. The molecule has 1 N–H and O–H groups in total. The lowest BCUT2D eigenvalue weighted by atomic mass is 10.2. The Morgan fingerprint density at radius 2 is 2.00 bits per heavy atom. The fourth-order valence-electron chi connectivity index (χ4n) is 2.04. The van der Waals surface area contributed by atoms with E-state index in [1.165, 1.54) is 11.3 Å².